The van der Waals surface area contributed by atoms with E-state index in [1.807, 2.05) is 67.6 Å². The summed E-state index contributed by atoms with van der Waals surface area (Å²) < 4.78 is 5.65. The maximum Gasteiger partial charge on any atom is 0.262 e. The van der Waals surface area contributed by atoms with Crippen molar-refractivity contribution in [2.24, 2.45) is 10.1 Å². The Labute approximate surface area is 205 Å². The number of amidine groups is 1. The van der Waals surface area contributed by atoms with Crippen LogP contribution in [0.3, 0.4) is 0 Å². The van der Waals surface area contributed by atoms with E-state index in [4.69, 9.17) is 21.1 Å². The second kappa shape index (κ2) is 9.48. The molecule has 3 aromatic rings. The molecule has 0 saturated heterocycles. The number of carbonyl (C=O) groups excluding carboxylic acids is 2. The molecule has 2 aliphatic heterocycles. The molecule has 2 atom stereocenters. The molecule has 0 saturated carbocycles. The molecule has 2 aromatic carbocycles. The fourth-order valence-electron chi connectivity index (χ4n) is 3.83. The number of aryl methyl sites for hydroxylation is 1. The van der Waals surface area contributed by atoms with Crippen molar-refractivity contribution in [1.82, 2.24) is 5.01 Å². The molecule has 3 heterocycles. The molecule has 0 bridgehead atoms. The largest absolute Gasteiger partial charge is 0.467 e. The lowest BCUT2D eigenvalue weighted by molar-refractivity contribution is -0.121. The third kappa shape index (κ3) is 4.78. The van der Waals surface area contributed by atoms with Gasteiger partial charge >= 0.3 is 0 Å². The maximum atomic E-state index is 12.7. The Bertz CT molecular complexity index is 1270. The van der Waals surface area contributed by atoms with Crippen LogP contribution in [0, 0.1) is 6.92 Å². The number of thioether (sulfide) groups is 1. The highest BCUT2D eigenvalue weighted by Crippen LogP contribution is 2.38. The molecule has 9 heteroatoms. The molecule has 172 valence electrons. The average Bonchev–Trinajstić information content (AvgIpc) is 3.56. The lowest BCUT2D eigenvalue weighted by Crippen LogP contribution is -2.24. The van der Waals surface area contributed by atoms with Crippen molar-refractivity contribution in [3.8, 4) is 0 Å². The summed E-state index contributed by atoms with van der Waals surface area (Å²) in [7, 11) is 0. The Morgan fingerprint density at radius 3 is 2.65 bits per heavy atom. The Kier molecular flexibility index (Phi) is 6.26. The minimum Gasteiger partial charge on any atom is -0.467 e. The molecule has 0 spiro atoms. The van der Waals surface area contributed by atoms with Crippen molar-refractivity contribution >= 4 is 51.7 Å². The van der Waals surface area contributed by atoms with Gasteiger partial charge in [-0.1, -0.05) is 53.2 Å². The van der Waals surface area contributed by atoms with Crippen LogP contribution in [0.25, 0.3) is 0 Å². The minimum absolute atomic E-state index is 0.0252. The summed E-state index contributed by atoms with van der Waals surface area (Å²) in [6, 6.07) is 18.4. The summed E-state index contributed by atoms with van der Waals surface area (Å²) in [5.41, 5.74) is 3.58. The average molecular weight is 493 g/mol. The highest BCUT2D eigenvalue weighted by atomic mass is 35.5. The van der Waals surface area contributed by atoms with Crippen molar-refractivity contribution in [1.29, 1.82) is 0 Å². The van der Waals surface area contributed by atoms with Crippen molar-refractivity contribution in [2.75, 3.05) is 5.32 Å². The molecular weight excluding hydrogens is 472 g/mol. The van der Waals surface area contributed by atoms with Crippen LogP contribution in [0.1, 0.15) is 35.8 Å². The molecule has 0 aliphatic carbocycles. The number of nitrogens with zero attached hydrogens (tertiary/aromatic N) is 3. The number of hydrogen-bond acceptors (Lipinski definition) is 6. The van der Waals surface area contributed by atoms with Gasteiger partial charge in [0.1, 0.15) is 17.1 Å². The molecule has 1 N–H and O–H groups in total. The number of anilines is 1. The number of aliphatic imine (C=N–C) groups is 1. The van der Waals surface area contributed by atoms with Gasteiger partial charge < -0.3 is 9.73 Å². The molecule has 34 heavy (non-hydrogen) atoms. The Hall–Kier alpha value is -3.36. The Balaban J connectivity index is 1.32. The second-order valence-corrected chi connectivity index (χ2v) is 9.70. The van der Waals surface area contributed by atoms with Crippen LogP contribution in [0.5, 0.6) is 0 Å². The number of carbonyl (C=O) groups is 2. The first kappa shape index (κ1) is 22.4. The number of amides is 2. The molecule has 2 unspecified atom stereocenters. The monoisotopic (exact) mass is 492 g/mol. The van der Waals surface area contributed by atoms with Crippen molar-refractivity contribution < 1.29 is 14.0 Å². The van der Waals surface area contributed by atoms with Crippen LogP contribution in [-0.4, -0.2) is 33.0 Å². The zero-order chi connectivity index (χ0) is 23.7. The standard InChI is InChI=1S/C25H21ClN4O3S/c1-15-4-10-18(11-5-15)27-23(31)14-22-24(32)28-25(34-22)30-20(21-3-2-12-33-21)13-19(29-30)16-6-8-17(26)9-7-16/h2-12,20,22H,13-14H2,1H3,(H,27,31). The van der Waals surface area contributed by atoms with E-state index >= 15 is 0 Å². The van der Waals surface area contributed by atoms with E-state index in [1.165, 1.54) is 11.8 Å². The van der Waals surface area contributed by atoms with E-state index in [9.17, 15) is 9.59 Å². The van der Waals surface area contributed by atoms with E-state index in [0.29, 0.717) is 22.3 Å². The van der Waals surface area contributed by atoms with Crippen LogP contribution in [-0.2, 0) is 9.59 Å². The predicted molar refractivity (Wildman–Crippen MR) is 134 cm³/mol. The number of halogens is 1. The predicted octanol–water partition coefficient (Wildman–Crippen LogP) is 5.42. The van der Waals surface area contributed by atoms with Crippen molar-refractivity contribution in [3.05, 3.63) is 88.8 Å². The first-order valence-corrected chi connectivity index (χ1v) is 12.0. The normalized spacial score (nSPS) is 19.8. The number of benzene rings is 2. The minimum atomic E-state index is -0.604. The number of furan rings is 1. The number of hydrogen-bond donors (Lipinski definition) is 1. The van der Waals surface area contributed by atoms with Gasteiger partial charge in [-0.3, -0.25) is 9.59 Å². The molecule has 0 fully saturated rings. The smallest absolute Gasteiger partial charge is 0.262 e. The molecule has 2 amide bonds. The third-order valence-corrected chi connectivity index (χ3v) is 6.98. The summed E-state index contributed by atoms with van der Waals surface area (Å²) in [4.78, 5) is 29.4. The summed E-state index contributed by atoms with van der Waals surface area (Å²) in [5.74, 6) is 0.150. The SMILES string of the molecule is Cc1ccc(NC(=O)CC2SC(N3N=C(c4ccc(Cl)cc4)CC3c3ccco3)=NC2=O)cc1. The van der Waals surface area contributed by atoms with Gasteiger partial charge in [-0.15, -0.1) is 0 Å². The quantitative estimate of drug-likeness (QED) is 0.514. The Morgan fingerprint density at radius 1 is 1.18 bits per heavy atom. The van der Waals surface area contributed by atoms with E-state index in [2.05, 4.69) is 10.3 Å². The van der Waals surface area contributed by atoms with Crippen molar-refractivity contribution in [3.63, 3.8) is 0 Å². The maximum absolute atomic E-state index is 12.7. The van der Waals surface area contributed by atoms with E-state index in [0.717, 1.165) is 22.6 Å². The fourth-order valence-corrected chi connectivity index (χ4v) is 5.02. The molecule has 7 nitrogen and oxygen atoms in total. The van der Waals surface area contributed by atoms with E-state index in [1.54, 1.807) is 11.3 Å². The lowest BCUT2D eigenvalue weighted by atomic mass is 10.0. The van der Waals surface area contributed by atoms with Crippen LogP contribution < -0.4 is 5.32 Å². The van der Waals surface area contributed by atoms with E-state index < -0.39 is 5.25 Å². The van der Waals surface area contributed by atoms with Crippen LogP contribution in [0.15, 0.2) is 81.4 Å². The van der Waals surface area contributed by atoms with Gasteiger partial charge in [0, 0.05) is 23.6 Å². The summed E-state index contributed by atoms with van der Waals surface area (Å²) >= 11 is 7.29. The van der Waals surface area contributed by atoms with Gasteiger partial charge in [0.2, 0.25) is 5.91 Å². The highest BCUT2D eigenvalue weighted by molar-refractivity contribution is 8.15. The number of hydrazone groups is 1. The van der Waals surface area contributed by atoms with Crippen molar-refractivity contribution in [2.45, 2.75) is 31.1 Å². The second-order valence-electron chi connectivity index (χ2n) is 8.09. The molecular formula is C25H21ClN4O3S. The topological polar surface area (TPSA) is 87.3 Å². The zero-order valence-corrected chi connectivity index (χ0v) is 19.8. The Morgan fingerprint density at radius 2 is 1.94 bits per heavy atom. The van der Waals surface area contributed by atoms with Gasteiger partial charge in [-0.25, -0.2) is 5.01 Å². The summed E-state index contributed by atoms with van der Waals surface area (Å²) in [6.45, 7) is 1.98. The van der Waals surface area contributed by atoms with Crippen LogP contribution >= 0.6 is 23.4 Å². The molecule has 0 radical (unpaired) electrons. The van der Waals surface area contributed by atoms with Crippen LogP contribution in [0.4, 0.5) is 5.69 Å². The molecule has 5 rings (SSSR count). The number of nitrogens with one attached hydrogen (secondary N) is 1. The molecule has 2 aliphatic rings. The first-order chi connectivity index (χ1) is 16.5. The highest BCUT2D eigenvalue weighted by Gasteiger charge is 2.40. The van der Waals surface area contributed by atoms with Gasteiger partial charge in [-0.2, -0.15) is 10.1 Å². The summed E-state index contributed by atoms with van der Waals surface area (Å²) in [5, 5.41) is 9.85. The van der Waals surface area contributed by atoms with Gasteiger partial charge in [-0.05, 0) is 48.9 Å². The number of rotatable bonds is 5. The fraction of sp³-hybridized carbons (Fsp3) is 0.200. The lowest BCUT2D eigenvalue weighted by Gasteiger charge is -2.20. The first-order valence-electron chi connectivity index (χ1n) is 10.8. The summed E-state index contributed by atoms with van der Waals surface area (Å²) in [6.07, 6.45) is 2.22. The van der Waals surface area contributed by atoms with Gasteiger partial charge in [0.25, 0.3) is 5.91 Å². The van der Waals surface area contributed by atoms with Crippen LogP contribution in [0.2, 0.25) is 5.02 Å². The third-order valence-electron chi connectivity index (χ3n) is 5.59. The van der Waals surface area contributed by atoms with Gasteiger partial charge in [0.05, 0.1) is 12.0 Å². The molecule has 1 aromatic heterocycles. The van der Waals surface area contributed by atoms with Gasteiger partial charge in [0.15, 0.2) is 5.17 Å². The van der Waals surface area contributed by atoms with E-state index in [-0.39, 0.29) is 24.3 Å². The zero-order valence-electron chi connectivity index (χ0n) is 18.3.